The van der Waals surface area contributed by atoms with Crippen molar-refractivity contribution in [3.8, 4) is 0 Å². The molecule has 0 atom stereocenters. The minimum Gasteiger partial charge on any atom is -0.396 e. The minimum atomic E-state index is -6.61. The maximum atomic E-state index is 12.2. The van der Waals surface area contributed by atoms with Crippen molar-refractivity contribution in [2.75, 3.05) is 24.7 Å². The lowest BCUT2D eigenvalue weighted by Crippen LogP contribution is -2.55. The zero-order chi connectivity index (χ0) is 29.5. The van der Waals surface area contributed by atoms with Crippen LogP contribution in [-0.4, -0.2) is 96.9 Å². The third kappa shape index (κ3) is 13.0. The second kappa shape index (κ2) is 12.3. The van der Waals surface area contributed by atoms with Gasteiger partial charge in [0.1, 0.15) is 11.5 Å². The summed E-state index contributed by atoms with van der Waals surface area (Å²) in [5.74, 6) is -30.9. The van der Waals surface area contributed by atoms with Crippen LogP contribution in [0.1, 0.15) is 6.42 Å². The van der Waals surface area contributed by atoms with Gasteiger partial charge in [-0.3, -0.25) is 9.11 Å². The maximum absolute atomic E-state index is 12.2. The third-order valence-electron chi connectivity index (χ3n) is 2.67. The molecule has 4 N–H and O–H groups in total. The zero-order valence-electron chi connectivity index (χ0n) is 16.1. The lowest BCUT2D eigenvalue weighted by Gasteiger charge is -2.26. The van der Waals surface area contributed by atoms with Gasteiger partial charge in [0.25, 0.3) is 20.2 Å². The number of alkyl halides is 14. The molecule has 0 bridgehead atoms. The minimum absolute atomic E-state index is 0.0938. The van der Waals surface area contributed by atoms with E-state index < -0.39 is 67.8 Å². The second-order valence-electron chi connectivity index (χ2n) is 5.81. The largest absolute Gasteiger partial charge is 0.459 e. The summed E-state index contributed by atoms with van der Waals surface area (Å²) < 4.78 is 220. The number of aliphatic hydroxyl groups is 2. The second-order valence-corrected chi connectivity index (χ2v) is 8.71. The van der Waals surface area contributed by atoms with E-state index in [1.165, 1.54) is 0 Å². The van der Waals surface area contributed by atoms with Crippen molar-refractivity contribution >= 4 is 20.2 Å². The van der Waals surface area contributed by atoms with Gasteiger partial charge in [-0.25, -0.2) is 0 Å². The highest BCUT2D eigenvalue weighted by atomic mass is 32.2. The molecule has 0 amide bonds. The van der Waals surface area contributed by atoms with E-state index >= 15 is 0 Å². The van der Waals surface area contributed by atoms with Crippen molar-refractivity contribution in [2.45, 2.75) is 42.5 Å². The average molecular weight is 604 g/mol. The van der Waals surface area contributed by atoms with Crippen molar-refractivity contribution in [1.29, 1.82) is 0 Å². The molecule has 0 aromatic heterocycles. The van der Waals surface area contributed by atoms with E-state index in [-0.39, 0.29) is 13.2 Å². The first kappa shape index (κ1) is 38.3. The van der Waals surface area contributed by atoms with Crippen molar-refractivity contribution in [3.63, 3.8) is 0 Å². The Labute approximate surface area is 186 Å². The van der Waals surface area contributed by atoms with Gasteiger partial charge in [-0.05, 0) is 6.42 Å². The van der Waals surface area contributed by atoms with Crippen LogP contribution in [0.5, 0.6) is 0 Å². The van der Waals surface area contributed by atoms with Crippen LogP contribution in [0.15, 0.2) is 0 Å². The van der Waals surface area contributed by atoms with Gasteiger partial charge >= 0.3 is 36.0 Å². The highest BCUT2D eigenvalue weighted by molar-refractivity contribution is 7.86. The monoisotopic (exact) mass is 604 g/mol. The Bertz CT molecular complexity index is 778. The first-order valence-electron chi connectivity index (χ1n) is 7.59. The van der Waals surface area contributed by atoms with Gasteiger partial charge in [0.05, 0.1) is 0 Å². The van der Waals surface area contributed by atoms with E-state index in [4.69, 9.17) is 19.3 Å². The number of halogens is 14. The summed E-state index contributed by atoms with van der Waals surface area (Å²) in [6, 6.07) is 0. The lowest BCUT2D eigenvalue weighted by molar-refractivity contribution is -0.348. The maximum Gasteiger partial charge on any atom is 0.459 e. The summed E-state index contributed by atoms with van der Waals surface area (Å²) in [4.78, 5) is 0. The number of rotatable bonds is 8. The molecule has 0 heterocycles. The Balaban J connectivity index is -0.000000491. The van der Waals surface area contributed by atoms with Crippen LogP contribution < -0.4 is 0 Å². The highest BCUT2D eigenvalue weighted by Crippen LogP contribution is 2.47. The standard InChI is InChI=1S/2C4H3F7O3S.C3H8O2/c2*5-2(6,1-15(12,13)14)3(7,8)4(9,10)11;4-2-1-3-5/h2*1H2,(H,12,13,14);4-5H,1-3H2. The fourth-order valence-corrected chi connectivity index (χ4v) is 2.40. The third-order valence-corrected chi connectivity index (χ3v) is 4.13. The van der Waals surface area contributed by atoms with E-state index in [9.17, 15) is 78.3 Å². The van der Waals surface area contributed by atoms with Crippen LogP contribution in [0.3, 0.4) is 0 Å². The molecule has 0 aromatic carbocycles. The topological polar surface area (TPSA) is 149 Å². The molecular weight excluding hydrogens is 590 g/mol. The summed E-state index contributed by atoms with van der Waals surface area (Å²) in [7, 11) is -11.3. The highest BCUT2D eigenvalue weighted by Gasteiger charge is 2.74. The van der Waals surface area contributed by atoms with Crippen molar-refractivity contribution in [2.24, 2.45) is 0 Å². The quantitative estimate of drug-likeness (QED) is 0.244. The van der Waals surface area contributed by atoms with E-state index in [1.54, 1.807) is 0 Å². The SMILES string of the molecule is O=S(=O)(O)CC(F)(F)C(F)(F)C(F)(F)F.O=S(=O)(O)CC(F)(F)C(F)(F)C(F)(F)F.OCCCO. The average Bonchev–Trinajstić information content (AvgIpc) is 2.49. The van der Waals surface area contributed by atoms with Gasteiger partial charge in [0, 0.05) is 13.2 Å². The molecule has 0 aliphatic carbocycles. The number of hydrogen-bond donors (Lipinski definition) is 4. The molecule has 8 nitrogen and oxygen atoms in total. The molecule has 0 aromatic rings. The van der Waals surface area contributed by atoms with E-state index in [1.807, 2.05) is 0 Å². The Kier molecular flexibility index (Phi) is 13.5. The van der Waals surface area contributed by atoms with Crippen LogP contribution in [0, 0.1) is 0 Å². The first-order chi connectivity index (χ1) is 14.8. The molecule has 216 valence electrons. The summed E-state index contributed by atoms with van der Waals surface area (Å²) >= 11 is 0. The van der Waals surface area contributed by atoms with Crippen LogP contribution in [0.4, 0.5) is 61.5 Å². The molecule has 0 rings (SSSR count). The molecule has 0 saturated carbocycles. The molecule has 0 radical (unpaired) electrons. The van der Waals surface area contributed by atoms with Crippen molar-refractivity contribution in [1.82, 2.24) is 0 Å². The zero-order valence-corrected chi connectivity index (χ0v) is 17.7. The van der Waals surface area contributed by atoms with Gasteiger partial charge in [0.15, 0.2) is 0 Å². The molecule has 0 fully saturated rings. The number of aliphatic hydroxyl groups excluding tert-OH is 2. The molecule has 0 unspecified atom stereocenters. The molecule has 35 heavy (non-hydrogen) atoms. The predicted octanol–water partition coefficient (Wildman–Crippen LogP) is 2.78. The summed E-state index contributed by atoms with van der Waals surface area (Å²) in [6.07, 6.45) is -12.7. The van der Waals surface area contributed by atoms with Crippen LogP contribution in [-0.2, 0) is 20.2 Å². The summed E-state index contributed by atoms with van der Waals surface area (Å²) in [5, 5.41) is 15.8. The summed E-state index contributed by atoms with van der Waals surface area (Å²) in [6.45, 7) is 0.188. The molecule has 0 spiro atoms. The molecule has 0 aliphatic heterocycles. The lowest BCUT2D eigenvalue weighted by atomic mass is 10.2. The Morgan fingerprint density at radius 1 is 0.486 bits per heavy atom. The van der Waals surface area contributed by atoms with Gasteiger partial charge in [-0.2, -0.15) is 78.3 Å². The van der Waals surface area contributed by atoms with Gasteiger partial charge < -0.3 is 10.2 Å². The smallest absolute Gasteiger partial charge is 0.396 e. The first-order valence-corrected chi connectivity index (χ1v) is 10.8. The molecular formula is C11H14F14O8S2. The fraction of sp³-hybridized carbons (Fsp3) is 1.00. The van der Waals surface area contributed by atoms with E-state index in [0.717, 1.165) is 0 Å². The Morgan fingerprint density at radius 2 is 0.686 bits per heavy atom. The van der Waals surface area contributed by atoms with Crippen LogP contribution in [0.25, 0.3) is 0 Å². The molecule has 24 heteroatoms. The Hall–Kier alpha value is -1.24. The molecule has 0 aliphatic rings. The Morgan fingerprint density at radius 3 is 0.771 bits per heavy atom. The predicted molar refractivity (Wildman–Crippen MR) is 83.5 cm³/mol. The van der Waals surface area contributed by atoms with Crippen LogP contribution >= 0.6 is 0 Å². The van der Waals surface area contributed by atoms with Gasteiger partial charge in [-0.15, -0.1) is 0 Å². The van der Waals surface area contributed by atoms with Gasteiger partial charge in [-0.1, -0.05) is 0 Å². The molecule has 0 saturated heterocycles. The van der Waals surface area contributed by atoms with E-state index in [2.05, 4.69) is 0 Å². The fourth-order valence-electron chi connectivity index (χ4n) is 1.12. The van der Waals surface area contributed by atoms with Gasteiger partial charge in [0.2, 0.25) is 0 Å². The van der Waals surface area contributed by atoms with E-state index in [0.29, 0.717) is 6.42 Å². The summed E-state index contributed by atoms with van der Waals surface area (Å²) in [5.41, 5.74) is 0. The number of hydrogen-bond acceptors (Lipinski definition) is 6. The normalized spacial score (nSPS) is 14.5. The van der Waals surface area contributed by atoms with Crippen molar-refractivity contribution < 1.29 is 97.6 Å². The van der Waals surface area contributed by atoms with Crippen molar-refractivity contribution in [3.05, 3.63) is 0 Å². The van der Waals surface area contributed by atoms with Crippen LogP contribution in [0.2, 0.25) is 0 Å².